The van der Waals surface area contributed by atoms with Gasteiger partial charge in [0.05, 0.1) is 35.5 Å². The van der Waals surface area contributed by atoms with Gasteiger partial charge in [0.2, 0.25) is 17.0 Å². The maximum Gasteiger partial charge on any atom is 0.421 e. The molecular weight excluding hydrogens is 1050 g/mol. The van der Waals surface area contributed by atoms with Crippen LogP contribution < -0.4 is 21.5 Å². The highest BCUT2D eigenvalue weighted by molar-refractivity contribution is 5.98. The third-order valence-corrected chi connectivity index (χ3v) is 13.1. The number of aliphatic hydroxyl groups excluding tert-OH is 1. The Kier molecular flexibility index (Phi) is 20.7. The summed E-state index contributed by atoms with van der Waals surface area (Å²) in [6, 6.07) is 36.2. The molecule has 4 heterocycles. The zero-order chi connectivity index (χ0) is 59.3. The summed E-state index contributed by atoms with van der Waals surface area (Å²) < 4.78 is 79.4. The van der Waals surface area contributed by atoms with Crippen molar-refractivity contribution in [3.8, 4) is 33.6 Å². The van der Waals surface area contributed by atoms with E-state index in [1.165, 1.54) is 47.6 Å². The number of aromatic nitrogens is 4. The molecule has 2 amide bonds. The van der Waals surface area contributed by atoms with Gasteiger partial charge in [-0.2, -0.15) is 13.2 Å². The minimum Gasteiger partial charge on any atom is -0.513 e. The SMILES string of the molecule is C=C(O)C1CC1c1ccc(-c2cccc(-n3cc(C(=O)NCC(F)C(F)(F)F)c(=O)c4cccnc43)c2)cc1.CC.CC.CC.O=C(NCC(F)F)c1cn(-c2cccc(-c3ccccc3C3CC3C(=O)O)c2)c2ncccc2c1=O. The number of nitrogens with zero attached hydrogens (tertiary/aromatic N) is 4. The molecule has 81 heavy (non-hydrogen) atoms. The van der Waals surface area contributed by atoms with E-state index in [0.717, 1.165) is 39.8 Å². The van der Waals surface area contributed by atoms with Gasteiger partial charge in [-0.3, -0.25) is 24.0 Å². The zero-order valence-corrected chi connectivity index (χ0v) is 45.3. The fourth-order valence-corrected chi connectivity index (χ4v) is 9.10. The van der Waals surface area contributed by atoms with Gasteiger partial charge in [-0.15, -0.1) is 0 Å². The van der Waals surface area contributed by atoms with Crippen molar-refractivity contribution < 1.29 is 50.9 Å². The van der Waals surface area contributed by atoms with Gasteiger partial charge in [0.25, 0.3) is 18.2 Å². The number of allylic oxidation sites excluding steroid dienone is 1. The molecule has 8 aromatic rings. The molecule has 2 aliphatic carbocycles. The van der Waals surface area contributed by atoms with Gasteiger partial charge in [0.15, 0.2) is 0 Å². The summed E-state index contributed by atoms with van der Waals surface area (Å²) >= 11 is 0. The van der Waals surface area contributed by atoms with E-state index >= 15 is 0 Å². The normalized spacial score (nSPS) is 16.1. The van der Waals surface area contributed by atoms with E-state index in [4.69, 9.17) is 0 Å². The number of hydrogen-bond donors (Lipinski definition) is 4. The first-order valence-corrected chi connectivity index (χ1v) is 26.5. The number of carboxylic acids is 1. The number of alkyl halides is 6. The van der Waals surface area contributed by atoms with Crippen LogP contribution in [0.1, 0.15) is 98.1 Å². The lowest BCUT2D eigenvalue weighted by Crippen LogP contribution is -2.39. The van der Waals surface area contributed by atoms with Crippen LogP contribution in [0.4, 0.5) is 26.3 Å². The van der Waals surface area contributed by atoms with Gasteiger partial charge in [0, 0.05) is 42.1 Å². The second-order valence-electron chi connectivity index (χ2n) is 18.1. The Hall–Kier alpha value is -8.87. The fourth-order valence-electron chi connectivity index (χ4n) is 9.10. The van der Waals surface area contributed by atoms with Crippen molar-refractivity contribution in [3.63, 3.8) is 0 Å². The fraction of sp³-hybridized carbons (Fsp3) is 0.274. The number of nitrogens with one attached hydrogen (secondary N) is 2. The summed E-state index contributed by atoms with van der Waals surface area (Å²) in [5.41, 5.74) is 5.14. The lowest BCUT2D eigenvalue weighted by Gasteiger charge is -2.15. The first-order valence-electron chi connectivity index (χ1n) is 26.5. The van der Waals surface area contributed by atoms with E-state index in [1.807, 2.05) is 126 Å². The second kappa shape index (κ2) is 27.3. The van der Waals surface area contributed by atoms with Crippen LogP contribution >= 0.6 is 0 Å². The topological polar surface area (TPSA) is 186 Å². The molecule has 0 radical (unpaired) electrons. The summed E-state index contributed by atoms with van der Waals surface area (Å²) in [6.45, 7) is 13.4. The highest BCUT2D eigenvalue weighted by Gasteiger charge is 2.45. The predicted molar refractivity (Wildman–Crippen MR) is 302 cm³/mol. The summed E-state index contributed by atoms with van der Waals surface area (Å²) in [7, 11) is 0. The Morgan fingerprint density at radius 1 is 0.617 bits per heavy atom. The summed E-state index contributed by atoms with van der Waals surface area (Å²) in [5, 5.41) is 23.2. The Morgan fingerprint density at radius 3 is 1.59 bits per heavy atom. The van der Waals surface area contributed by atoms with Crippen molar-refractivity contribution in [2.24, 2.45) is 11.8 Å². The molecule has 13 nitrogen and oxygen atoms in total. The van der Waals surface area contributed by atoms with E-state index in [-0.39, 0.29) is 45.5 Å². The molecule has 0 saturated heterocycles. The molecule has 2 saturated carbocycles. The van der Waals surface area contributed by atoms with Crippen LogP contribution in [0.25, 0.3) is 55.7 Å². The van der Waals surface area contributed by atoms with Crippen molar-refractivity contribution in [1.82, 2.24) is 29.7 Å². The summed E-state index contributed by atoms with van der Waals surface area (Å²) in [4.78, 5) is 71.2. The average molecular weight is 1120 g/mol. The smallest absolute Gasteiger partial charge is 0.421 e. The molecule has 2 aliphatic rings. The molecule has 4 aromatic heterocycles. The van der Waals surface area contributed by atoms with Crippen molar-refractivity contribution in [2.75, 3.05) is 13.1 Å². The largest absolute Gasteiger partial charge is 0.513 e. The number of hydrogen-bond acceptors (Lipinski definition) is 8. The molecule has 2 fully saturated rings. The molecule has 5 unspecified atom stereocenters. The van der Waals surface area contributed by atoms with Gasteiger partial charge in [-0.05, 0) is 107 Å². The van der Waals surface area contributed by atoms with E-state index in [0.29, 0.717) is 23.4 Å². The van der Waals surface area contributed by atoms with Crippen LogP contribution in [0.3, 0.4) is 0 Å². The van der Waals surface area contributed by atoms with Gasteiger partial charge in [0.1, 0.15) is 22.4 Å². The first-order chi connectivity index (χ1) is 38.9. The van der Waals surface area contributed by atoms with Crippen molar-refractivity contribution in [1.29, 1.82) is 0 Å². The number of aliphatic carboxylic acids is 1. The van der Waals surface area contributed by atoms with Crippen LogP contribution in [-0.4, -0.2) is 79.0 Å². The van der Waals surface area contributed by atoms with E-state index in [2.05, 4.69) is 21.9 Å². The van der Waals surface area contributed by atoms with Crippen molar-refractivity contribution >= 4 is 39.9 Å². The molecule has 424 valence electrons. The number of carboxylic acid groups (broad SMARTS) is 1. The number of pyridine rings is 4. The first kappa shape index (κ1) is 61.3. The number of carbonyl (C=O) groups is 3. The zero-order valence-electron chi connectivity index (χ0n) is 45.3. The Bertz CT molecular complexity index is 3660. The van der Waals surface area contributed by atoms with Crippen LogP contribution in [0.15, 0.2) is 168 Å². The molecule has 0 bridgehead atoms. The number of halogens is 6. The number of benzene rings is 4. The minimum atomic E-state index is -5.13. The lowest BCUT2D eigenvalue weighted by molar-refractivity contribution is -0.178. The van der Waals surface area contributed by atoms with Gasteiger partial charge in [-0.25, -0.2) is 23.1 Å². The van der Waals surface area contributed by atoms with Crippen LogP contribution in [0.2, 0.25) is 0 Å². The molecule has 19 heteroatoms. The Labute approximate surface area is 463 Å². The monoisotopic (exact) mass is 1120 g/mol. The third kappa shape index (κ3) is 14.3. The Morgan fingerprint density at radius 2 is 1.11 bits per heavy atom. The molecule has 0 aliphatic heterocycles. The number of aliphatic hydroxyl groups is 1. The van der Waals surface area contributed by atoms with E-state index < -0.39 is 72.0 Å². The second-order valence-corrected chi connectivity index (χ2v) is 18.1. The average Bonchev–Trinajstić information content (AvgIpc) is 4.47. The van der Waals surface area contributed by atoms with E-state index in [9.17, 15) is 60.5 Å². The molecule has 5 atom stereocenters. The maximum absolute atomic E-state index is 13.4. The quantitative estimate of drug-likeness (QED) is 0.0607. The van der Waals surface area contributed by atoms with Crippen LogP contribution in [0.5, 0.6) is 0 Å². The van der Waals surface area contributed by atoms with Crippen molar-refractivity contribution in [3.05, 3.63) is 201 Å². The van der Waals surface area contributed by atoms with Crippen LogP contribution in [-0.2, 0) is 4.79 Å². The predicted octanol–water partition coefficient (Wildman–Crippen LogP) is 13.2. The van der Waals surface area contributed by atoms with Crippen LogP contribution in [0, 0.1) is 11.8 Å². The number of carbonyl (C=O) groups excluding carboxylic acids is 2. The molecule has 0 spiro atoms. The van der Waals surface area contributed by atoms with Gasteiger partial charge < -0.3 is 30.0 Å². The number of rotatable bonds is 14. The molecule has 4 N–H and O–H groups in total. The highest BCUT2D eigenvalue weighted by Crippen LogP contribution is 2.51. The third-order valence-electron chi connectivity index (χ3n) is 13.1. The molecule has 4 aromatic carbocycles. The highest BCUT2D eigenvalue weighted by atomic mass is 19.4. The maximum atomic E-state index is 13.4. The van der Waals surface area contributed by atoms with Gasteiger partial charge in [-0.1, -0.05) is 121 Å². The minimum absolute atomic E-state index is 0.0672. The standard InChI is InChI=1S/C29H23F4N3O3.C27H21F2N3O4.3C2H6/c1-16(37)22-13-23(22)18-9-7-17(8-10-18)19-4-2-5-20(12-19)36-15-24(26(38)21-6-3-11-34-27(21)36)28(39)35-14-25(30)29(31,32)33;28-23(29)13-31-26(34)22-14-32(25-19(24(22)33)9-4-10-30-25)16-6-3-5-15(11-16)17-7-1-2-8-18(17)20-12-21(20)27(35)36;3*1-2/h2-12,15,22-23,25,37H,1,13-14H2,(H,35,39);1-11,14,20-21,23H,12-13H2,(H,31,34)(H,35,36);3*1-2H3. The number of fused-ring (bicyclic) bond motifs is 2. The molecule has 10 rings (SSSR count). The summed E-state index contributed by atoms with van der Waals surface area (Å²) in [5.74, 6) is -2.79. The van der Waals surface area contributed by atoms with Crippen molar-refractivity contribution in [2.45, 2.75) is 85.0 Å². The van der Waals surface area contributed by atoms with E-state index in [1.54, 1.807) is 28.8 Å². The Balaban J connectivity index is 0.000000240. The summed E-state index contributed by atoms with van der Waals surface area (Å²) in [6.07, 6.45) is -4.20. The molecular formula is C62H62F6N6O7. The lowest BCUT2D eigenvalue weighted by atomic mass is 9.95. The van der Waals surface area contributed by atoms with Gasteiger partial charge >= 0.3 is 12.1 Å². The number of amides is 2.